The highest BCUT2D eigenvalue weighted by molar-refractivity contribution is 7.09. The number of halogens is 1. The van der Waals surface area contributed by atoms with Gasteiger partial charge in [0.2, 0.25) is 0 Å². The molecule has 3 unspecified atom stereocenters. The van der Waals surface area contributed by atoms with Gasteiger partial charge < -0.3 is 14.4 Å². The summed E-state index contributed by atoms with van der Waals surface area (Å²) in [7, 11) is 0. The van der Waals surface area contributed by atoms with Crippen molar-refractivity contribution >= 4 is 17.2 Å². The first-order valence-corrected chi connectivity index (χ1v) is 10.0. The third kappa shape index (κ3) is 3.46. The molecule has 4 rings (SSSR count). The number of alkyl halides is 1. The molecule has 1 amide bonds. The smallest absolute Gasteiger partial charge is 0.260 e. The Kier molecular flexibility index (Phi) is 4.81. The van der Waals surface area contributed by atoms with Gasteiger partial charge in [0.15, 0.2) is 5.67 Å². The molecule has 0 N–H and O–H groups in total. The van der Waals surface area contributed by atoms with Gasteiger partial charge in [0, 0.05) is 11.9 Å². The monoisotopic (exact) mass is 368 g/mol. The second-order valence-corrected chi connectivity index (χ2v) is 8.57. The lowest BCUT2D eigenvalue weighted by Crippen LogP contribution is -2.58. The maximum atomic E-state index is 14.6. The molecule has 2 heterocycles. The highest BCUT2D eigenvalue weighted by Gasteiger charge is 2.51. The van der Waals surface area contributed by atoms with Crippen molar-refractivity contribution in [2.75, 3.05) is 19.8 Å². The van der Waals surface area contributed by atoms with Crippen molar-refractivity contribution in [2.45, 2.75) is 63.4 Å². The van der Waals surface area contributed by atoms with E-state index in [1.165, 1.54) is 0 Å². The molecule has 0 aromatic carbocycles. The van der Waals surface area contributed by atoms with Gasteiger partial charge in [-0.25, -0.2) is 9.37 Å². The van der Waals surface area contributed by atoms with Crippen molar-refractivity contribution in [1.82, 2.24) is 9.88 Å². The number of hydrogen-bond donors (Lipinski definition) is 0. The third-order valence-electron chi connectivity index (χ3n) is 5.69. The molecule has 1 aromatic heterocycles. The number of carbonyl (C=O) groups is 1. The Balaban J connectivity index is 1.32. The van der Waals surface area contributed by atoms with E-state index in [1.807, 2.05) is 12.3 Å². The molecular weight excluding hydrogens is 343 g/mol. The Morgan fingerprint density at radius 2 is 2.36 bits per heavy atom. The van der Waals surface area contributed by atoms with E-state index in [0.717, 1.165) is 30.0 Å². The van der Waals surface area contributed by atoms with Crippen molar-refractivity contribution in [3.05, 3.63) is 16.1 Å². The molecule has 5 nitrogen and oxygen atoms in total. The maximum Gasteiger partial charge on any atom is 0.260 e. The van der Waals surface area contributed by atoms with Crippen molar-refractivity contribution in [3.63, 3.8) is 0 Å². The van der Waals surface area contributed by atoms with Gasteiger partial charge in [-0.2, -0.15) is 0 Å². The summed E-state index contributed by atoms with van der Waals surface area (Å²) >= 11 is 1.63. The van der Waals surface area contributed by atoms with Crippen LogP contribution in [0.1, 0.15) is 42.8 Å². The van der Waals surface area contributed by atoms with E-state index < -0.39 is 5.67 Å². The number of amides is 1. The van der Waals surface area contributed by atoms with Crippen LogP contribution in [0.25, 0.3) is 0 Å². The molecule has 2 saturated carbocycles. The summed E-state index contributed by atoms with van der Waals surface area (Å²) in [5, 5.41) is 3.07. The van der Waals surface area contributed by atoms with Gasteiger partial charge >= 0.3 is 0 Å². The number of thiazole rings is 1. The first-order valence-electron chi connectivity index (χ1n) is 9.15. The number of ether oxygens (including phenoxy) is 2. The first-order chi connectivity index (χ1) is 12.0. The minimum Gasteiger partial charge on any atom is -0.375 e. The predicted octanol–water partition coefficient (Wildman–Crippen LogP) is 2.87. The predicted molar refractivity (Wildman–Crippen MR) is 92.2 cm³/mol. The molecule has 3 atom stereocenters. The topological polar surface area (TPSA) is 51.7 Å². The highest BCUT2D eigenvalue weighted by Crippen LogP contribution is 2.41. The number of aromatic nitrogens is 1. The van der Waals surface area contributed by atoms with Crippen molar-refractivity contribution in [3.8, 4) is 0 Å². The molecule has 2 aliphatic carbocycles. The van der Waals surface area contributed by atoms with Crippen molar-refractivity contribution < 1.29 is 18.7 Å². The van der Waals surface area contributed by atoms with Crippen LogP contribution in [-0.4, -0.2) is 53.4 Å². The van der Waals surface area contributed by atoms with Crippen LogP contribution in [-0.2, 0) is 20.9 Å². The van der Waals surface area contributed by atoms with E-state index in [2.05, 4.69) is 4.98 Å². The van der Waals surface area contributed by atoms with Crippen LogP contribution in [0.5, 0.6) is 0 Å². The van der Waals surface area contributed by atoms with E-state index in [9.17, 15) is 9.18 Å². The molecular formula is C18H25FN2O3S. The zero-order chi connectivity index (χ0) is 17.4. The van der Waals surface area contributed by atoms with Gasteiger partial charge in [-0.15, -0.1) is 11.3 Å². The molecule has 25 heavy (non-hydrogen) atoms. The molecule has 1 saturated heterocycles. The van der Waals surface area contributed by atoms with Crippen molar-refractivity contribution in [2.24, 2.45) is 5.92 Å². The fraction of sp³-hybridized carbons (Fsp3) is 0.778. The summed E-state index contributed by atoms with van der Waals surface area (Å²) in [6, 6.07) is 0.00425. The summed E-state index contributed by atoms with van der Waals surface area (Å²) < 4.78 is 26.3. The van der Waals surface area contributed by atoms with E-state index in [1.54, 1.807) is 16.2 Å². The summed E-state index contributed by atoms with van der Waals surface area (Å²) in [6.07, 6.45) is 3.30. The lowest BCUT2D eigenvalue weighted by molar-refractivity contribution is -0.162. The van der Waals surface area contributed by atoms with E-state index in [-0.39, 0.29) is 18.1 Å². The Morgan fingerprint density at radius 1 is 1.52 bits per heavy atom. The van der Waals surface area contributed by atoms with Crippen LogP contribution < -0.4 is 0 Å². The van der Waals surface area contributed by atoms with Gasteiger partial charge in [0.1, 0.15) is 0 Å². The Hall–Kier alpha value is -1.05. The van der Waals surface area contributed by atoms with Crippen LogP contribution >= 0.6 is 11.3 Å². The standard InChI is InChI=1S/C18H25FN2O3S/c1-12-20-14(11-25-12)10-23-9-13-7-15-16(8-13)24-6-5-21(15)17(22)18(19)3-2-4-18/h11,13,15-16H,2-10H2,1H3. The third-order valence-corrected chi connectivity index (χ3v) is 6.52. The van der Waals surface area contributed by atoms with Gasteiger partial charge in [-0.3, -0.25) is 4.79 Å². The molecule has 3 fully saturated rings. The number of nitrogens with zero attached hydrogens (tertiary/aromatic N) is 2. The van der Waals surface area contributed by atoms with Crippen LogP contribution in [0.3, 0.4) is 0 Å². The molecule has 1 aromatic rings. The average Bonchev–Trinajstić information content (AvgIpc) is 3.17. The molecule has 7 heteroatoms. The SMILES string of the molecule is Cc1nc(COCC2CC3OCCN(C(=O)C4(F)CCC4)C3C2)cs1. The fourth-order valence-electron chi connectivity index (χ4n) is 4.20. The number of carbonyl (C=O) groups excluding carboxylic acids is 1. The van der Waals surface area contributed by atoms with E-state index in [4.69, 9.17) is 9.47 Å². The maximum absolute atomic E-state index is 14.6. The fourth-order valence-corrected chi connectivity index (χ4v) is 4.80. The zero-order valence-corrected chi connectivity index (χ0v) is 15.4. The van der Waals surface area contributed by atoms with Crippen molar-refractivity contribution in [1.29, 1.82) is 0 Å². The number of rotatable bonds is 5. The molecule has 0 spiro atoms. The Labute approximate surface area is 151 Å². The largest absolute Gasteiger partial charge is 0.375 e. The number of aryl methyl sites for hydroxylation is 1. The Morgan fingerprint density at radius 3 is 3.04 bits per heavy atom. The van der Waals surface area contributed by atoms with Crippen LogP contribution in [0.15, 0.2) is 5.38 Å². The number of hydrogen-bond acceptors (Lipinski definition) is 5. The van der Waals surface area contributed by atoms with Crippen LogP contribution in [0, 0.1) is 12.8 Å². The average molecular weight is 368 g/mol. The quantitative estimate of drug-likeness (QED) is 0.802. The summed E-state index contributed by atoms with van der Waals surface area (Å²) in [6.45, 7) is 4.16. The van der Waals surface area contributed by atoms with Gasteiger partial charge in [0.25, 0.3) is 5.91 Å². The molecule has 138 valence electrons. The van der Waals surface area contributed by atoms with E-state index in [0.29, 0.717) is 45.1 Å². The minimum atomic E-state index is -1.61. The first kappa shape index (κ1) is 17.4. The van der Waals surface area contributed by atoms with Gasteiger partial charge in [-0.05, 0) is 44.9 Å². The second-order valence-electron chi connectivity index (χ2n) is 7.50. The summed E-state index contributed by atoms with van der Waals surface area (Å²) in [5.74, 6) is 0.0386. The minimum absolute atomic E-state index is 0.00425. The normalized spacial score (nSPS) is 30.8. The lowest BCUT2D eigenvalue weighted by Gasteiger charge is -2.43. The molecule has 3 aliphatic rings. The number of morpholine rings is 1. The lowest BCUT2D eigenvalue weighted by atomic mass is 9.80. The molecule has 0 bridgehead atoms. The highest BCUT2D eigenvalue weighted by atomic mass is 32.1. The van der Waals surface area contributed by atoms with Crippen LogP contribution in [0.4, 0.5) is 4.39 Å². The van der Waals surface area contributed by atoms with Gasteiger partial charge in [-0.1, -0.05) is 0 Å². The number of fused-ring (bicyclic) bond motifs is 1. The zero-order valence-electron chi connectivity index (χ0n) is 14.6. The summed E-state index contributed by atoms with van der Waals surface area (Å²) in [4.78, 5) is 18.8. The Bertz CT molecular complexity index is 634. The van der Waals surface area contributed by atoms with E-state index >= 15 is 0 Å². The van der Waals surface area contributed by atoms with Gasteiger partial charge in [0.05, 0.1) is 42.7 Å². The summed E-state index contributed by atoms with van der Waals surface area (Å²) in [5.41, 5.74) is -0.644. The van der Waals surface area contributed by atoms with Crippen LogP contribution in [0.2, 0.25) is 0 Å². The second kappa shape index (κ2) is 6.93. The molecule has 0 radical (unpaired) electrons. The molecule has 1 aliphatic heterocycles.